The van der Waals surface area contributed by atoms with E-state index in [1.54, 1.807) is 25.3 Å². The van der Waals surface area contributed by atoms with E-state index in [-0.39, 0.29) is 17.9 Å². The van der Waals surface area contributed by atoms with E-state index >= 15 is 0 Å². The molecule has 0 saturated carbocycles. The molecule has 0 radical (unpaired) electrons. The number of hydrogen-bond donors (Lipinski definition) is 1. The van der Waals surface area contributed by atoms with Crippen LogP contribution in [0, 0.1) is 0 Å². The van der Waals surface area contributed by atoms with E-state index in [4.69, 9.17) is 9.72 Å². The Kier molecular flexibility index (Phi) is 6.33. The highest BCUT2D eigenvalue weighted by Gasteiger charge is 2.31. The van der Waals surface area contributed by atoms with Gasteiger partial charge in [-0.25, -0.2) is 14.6 Å². The molecule has 2 aliphatic rings. The van der Waals surface area contributed by atoms with Crippen LogP contribution in [0.3, 0.4) is 0 Å². The lowest BCUT2D eigenvalue weighted by molar-refractivity contribution is -0.130. The number of carbonyl (C=O) groups excluding carboxylic acids is 1. The van der Waals surface area contributed by atoms with Gasteiger partial charge < -0.3 is 19.3 Å². The molecule has 2 atom stereocenters. The number of nitrogens with zero attached hydrogens (tertiary/aromatic N) is 7. The van der Waals surface area contributed by atoms with Crippen molar-refractivity contribution in [2.45, 2.75) is 44.9 Å². The summed E-state index contributed by atoms with van der Waals surface area (Å²) in [5.41, 5.74) is 2.77. The number of fused-ring (bicyclic) bond motifs is 3. The first-order valence-electron chi connectivity index (χ1n) is 12.2. The number of aliphatic hydroxyl groups excluding tert-OH is 1. The van der Waals surface area contributed by atoms with Gasteiger partial charge in [-0.15, -0.1) is 0 Å². The van der Waals surface area contributed by atoms with Gasteiger partial charge in [0.05, 0.1) is 24.8 Å². The maximum absolute atomic E-state index is 12.1. The Morgan fingerprint density at radius 3 is 2.83 bits per heavy atom. The molecular formula is C25H33N7O3. The highest BCUT2D eigenvalue weighted by Crippen LogP contribution is 2.38. The van der Waals surface area contributed by atoms with Gasteiger partial charge in [0.25, 0.3) is 0 Å². The molecule has 10 heteroatoms. The van der Waals surface area contributed by atoms with E-state index in [1.807, 2.05) is 27.9 Å². The standard InChI is InChI=1S/C25H33N7O3/c1-16(2)32-25(26-15-27-32)20-12-31-9-10-35-22-11-17(5-6-19(22)24(31)28-20)18-7-8-30(13-21(18)33)14-23(34)29(3)4/h5-6,11-12,15-16,18,21,33H,7-10,13-14H2,1-4H3/t18-,21-/m1/s1. The third-order valence-corrected chi connectivity index (χ3v) is 6.86. The lowest BCUT2D eigenvalue weighted by atomic mass is 9.86. The summed E-state index contributed by atoms with van der Waals surface area (Å²) in [7, 11) is 3.51. The minimum Gasteiger partial charge on any atom is -0.491 e. The predicted octanol–water partition coefficient (Wildman–Crippen LogP) is 2.02. The van der Waals surface area contributed by atoms with Gasteiger partial charge in [0.15, 0.2) is 5.82 Å². The highest BCUT2D eigenvalue weighted by molar-refractivity contribution is 5.77. The smallest absolute Gasteiger partial charge is 0.236 e. The van der Waals surface area contributed by atoms with Crippen LogP contribution < -0.4 is 4.74 Å². The summed E-state index contributed by atoms with van der Waals surface area (Å²) in [6, 6.07) is 6.34. The second-order valence-electron chi connectivity index (χ2n) is 9.85. The largest absolute Gasteiger partial charge is 0.491 e. The van der Waals surface area contributed by atoms with E-state index in [9.17, 15) is 9.90 Å². The van der Waals surface area contributed by atoms with Gasteiger partial charge in [0.2, 0.25) is 5.91 Å². The van der Waals surface area contributed by atoms with Crippen LogP contribution in [0.1, 0.15) is 37.8 Å². The SMILES string of the molecule is CC(C)n1ncnc1-c1cn2c(n1)-c1ccc([C@H]3CCN(CC(=O)N(C)C)C[C@H]3O)cc1OCC2. The molecule has 1 saturated heterocycles. The summed E-state index contributed by atoms with van der Waals surface area (Å²) in [6.07, 6.45) is 3.82. The second kappa shape index (κ2) is 9.43. The average Bonchev–Trinajstić information content (AvgIpc) is 3.43. The molecule has 2 aromatic heterocycles. The molecule has 1 N–H and O–H groups in total. The quantitative estimate of drug-likeness (QED) is 0.597. The number of β-amino-alcohol motifs (C(OH)–C–C–N with tert-alkyl or cyclic N) is 1. The van der Waals surface area contributed by atoms with Crippen molar-refractivity contribution in [2.75, 3.05) is 40.3 Å². The van der Waals surface area contributed by atoms with Crippen molar-refractivity contribution in [3.63, 3.8) is 0 Å². The first-order chi connectivity index (χ1) is 16.8. The molecule has 0 bridgehead atoms. The lowest BCUT2D eigenvalue weighted by Crippen LogP contribution is -2.46. The molecule has 5 rings (SSSR count). The van der Waals surface area contributed by atoms with Gasteiger partial charge in [-0.3, -0.25) is 9.69 Å². The van der Waals surface area contributed by atoms with Crippen LogP contribution in [0.5, 0.6) is 5.75 Å². The molecule has 1 aromatic carbocycles. The number of ether oxygens (including phenoxy) is 1. The molecule has 186 valence electrons. The van der Waals surface area contributed by atoms with E-state index in [0.29, 0.717) is 26.2 Å². The fraction of sp³-hybridized carbons (Fsp3) is 0.520. The maximum Gasteiger partial charge on any atom is 0.236 e. The summed E-state index contributed by atoms with van der Waals surface area (Å²) >= 11 is 0. The number of carbonyl (C=O) groups is 1. The van der Waals surface area contributed by atoms with Crippen LogP contribution in [0.25, 0.3) is 22.9 Å². The van der Waals surface area contributed by atoms with Gasteiger partial charge in [-0.2, -0.15) is 5.10 Å². The first-order valence-corrected chi connectivity index (χ1v) is 12.2. The Morgan fingerprint density at radius 1 is 1.26 bits per heavy atom. The maximum atomic E-state index is 12.1. The third kappa shape index (κ3) is 4.55. The number of amides is 1. The van der Waals surface area contributed by atoms with Crippen molar-refractivity contribution < 1.29 is 14.6 Å². The van der Waals surface area contributed by atoms with E-state index < -0.39 is 6.10 Å². The third-order valence-electron chi connectivity index (χ3n) is 6.86. The van der Waals surface area contributed by atoms with Gasteiger partial charge in [0.1, 0.15) is 30.2 Å². The summed E-state index contributed by atoms with van der Waals surface area (Å²) in [5.74, 6) is 2.42. The zero-order chi connectivity index (χ0) is 24.7. The molecule has 35 heavy (non-hydrogen) atoms. The van der Waals surface area contributed by atoms with Crippen LogP contribution >= 0.6 is 0 Å². The summed E-state index contributed by atoms with van der Waals surface area (Å²) < 4.78 is 10.1. The van der Waals surface area contributed by atoms with Crippen LogP contribution in [0.4, 0.5) is 0 Å². The molecular weight excluding hydrogens is 446 g/mol. The fourth-order valence-corrected chi connectivity index (χ4v) is 4.91. The molecule has 1 amide bonds. The molecule has 1 fully saturated rings. The molecule has 0 aliphatic carbocycles. The van der Waals surface area contributed by atoms with Crippen LogP contribution in [-0.4, -0.2) is 91.6 Å². The van der Waals surface area contributed by atoms with Gasteiger partial charge >= 0.3 is 0 Å². The predicted molar refractivity (Wildman–Crippen MR) is 131 cm³/mol. The zero-order valence-corrected chi connectivity index (χ0v) is 20.8. The topological polar surface area (TPSA) is 102 Å². The number of benzene rings is 1. The van der Waals surface area contributed by atoms with Crippen molar-refractivity contribution in [1.82, 2.24) is 34.1 Å². The van der Waals surface area contributed by atoms with Crippen molar-refractivity contribution in [3.8, 4) is 28.7 Å². The second-order valence-corrected chi connectivity index (χ2v) is 9.85. The molecule has 0 spiro atoms. The Morgan fingerprint density at radius 2 is 2.09 bits per heavy atom. The number of aromatic nitrogens is 5. The van der Waals surface area contributed by atoms with Crippen molar-refractivity contribution in [3.05, 3.63) is 36.3 Å². The zero-order valence-electron chi connectivity index (χ0n) is 20.8. The number of imidazole rings is 1. The van der Waals surface area contributed by atoms with E-state index in [0.717, 1.165) is 47.2 Å². The van der Waals surface area contributed by atoms with Gasteiger partial charge in [-0.05, 0) is 44.5 Å². The molecule has 0 unspecified atom stereocenters. The van der Waals surface area contributed by atoms with Gasteiger partial charge in [0, 0.05) is 38.8 Å². The Balaban J connectivity index is 1.38. The summed E-state index contributed by atoms with van der Waals surface area (Å²) in [5, 5.41) is 15.2. The Labute approximate surface area is 205 Å². The lowest BCUT2D eigenvalue weighted by Gasteiger charge is -2.36. The normalized spacial score (nSPS) is 20.2. The number of likely N-dealkylation sites (tertiary alicyclic amines) is 1. The minimum absolute atomic E-state index is 0.00207. The fourth-order valence-electron chi connectivity index (χ4n) is 4.91. The summed E-state index contributed by atoms with van der Waals surface area (Å²) in [4.78, 5) is 25.0. The number of rotatable bonds is 5. The average molecular weight is 480 g/mol. The molecule has 2 aliphatic heterocycles. The Hall–Kier alpha value is -3.24. The van der Waals surface area contributed by atoms with Crippen molar-refractivity contribution in [1.29, 1.82) is 0 Å². The number of hydrogen-bond acceptors (Lipinski definition) is 7. The van der Waals surface area contributed by atoms with Crippen LogP contribution in [0.15, 0.2) is 30.7 Å². The number of piperidine rings is 1. The monoisotopic (exact) mass is 479 g/mol. The first kappa shape index (κ1) is 23.5. The molecule has 3 aromatic rings. The minimum atomic E-state index is -0.543. The van der Waals surface area contributed by atoms with E-state index in [1.165, 1.54) is 0 Å². The summed E-state index contributed by atoms with van der Waals surface area (Å²) in [6.45, 7) is 6.94. The molecule has 4 heterocycles. The Bertz CT molecular complexity index is 1220. The van der Waals surface area contributed by atoms with Gasteiger partial charge in [-0.1, -0.05) is 6.07 Å². The number of likely N-dealkylation sites (N-methyl/N-ethyl adjacent to an activating group) is 1. The van der Waals surface area contributed by atoms with Crippen LogP contribution in [-0.2, 0) is 11.3 Å². The highest BCUT2D eigenvalue weighted by atomic mass is 16.5. The number of aliphatic hydroxyl groups is 1. The van der Waals surface area contributed by atoms with Crippen molar-refractivity contribution in [2.24, 2.45) is 0 Å². The van der Waals surface area contributed by atoms with Crippen LogP contribution in [0.2, 0.25) is 0 Å². The van der Waals surface area contributed by atoms with Crippen molar-refractivity contribution >= 4 is 5.91 Å². The molecule has 10 nitrogen and oxygen atoms in total. The van der Waals surface area contributed by atoms with E-state index in [2.05, 4.69) is 34.6 Å².